The fraction of sp³-hybridized carbons (Fsp3) is 0.462. The number of ether oxygens (including phenoxy) is 2. The maximum atomic E-state index is 13.0. The number of hydrogen-bond acceptors (Lipinski definition) is 4. The molecule has 2 N–H and O–H groups in total. The highest BCUT2D eigenvalue weighted by Crippen LogP contribution is 2.15. The summed E-state index contributed by atoms with van der Waals surface area (Å²) in [7, 11) is 1.59. The van der Waals surface area contributed by atoms with Gasteiger partial charge in [0.1, 0.15) is 5.82 Å². The lowest BCUT2D eigenvalue weighted by Crippen LogP contribution is -2.25. The molecular weight excluding hydrogens is 237 g/mol. The zero-order chi connectivity index (χ0) is 13.8. The summed E-state index contributed by atoms with van der Waals surface area (Å²) in [5, 5.41) is 0. The van der Waals surface area contributed by atoms with E-state index in [4.69, 9.17) is 15.2 Å². The van der Waals surface area contributed by atoms with Gasteiger partial charge in [-0.15, -0.1) is 0 Å². The highest BCUT2D eigenvalue weighted by Gasteiger charge is 2.17. The van der Waals surface area contributed by atoms with Crippen LogP contribution >= 0.6 is 0 Å². The van der Waals surface area contributed by atoms with Crippen LogP contribution in [0, 0.1) is 5.82 Å². The summed E-state index contributed by atoms with van der Waals surface area (Å²) >= 11 is 0. The minimum absolute atomic E-state index is 0.114. The Bertz CT molecular complexity index is 412. The van der Waals surface area contributed by atoms with Crippen LogP contribution in [0.15, 0.2) is 18.2 Å². The molecule has 0 aliphatic carbocycles. The lowest BCUT2D eigenvalue weighted by molar-refractivity contribution is -0.00564. The lowest BCUT2D eigenvalue weighted by Gasteiger charge is -2.22. The Morgan fingerprint density at radius 2 is 2.06 bits per heavy atom. The van der Waals surface area contributed by atoms with E-state index in [1.54, 1.807) is 7.11 Å². The van der Waals surface area contributed by atoms with Crippen molar-refractivity contribution in [2.24, 2.45) is 0 Å². The summed E-state index contributed by atoms with van der Waals surface area (Å²) in [6.07, 6.45) is 0.556. The number of nitrogens with two attached hydrogens (primary N) is 1. The maximum absolute atomic E-state index is 13.0. The van der Waals surface area contributed by atoms with Gasteiger partial charge < -0.3 is 15.2 Å². The summed E-state index contributed by atoms with van der Waals surface area (Å²) in [5.74, 6) is -1.15. The van der Waals surface area contributed by atoms with Crippen LogP contribution in [0.1, 0.15) is 30.6 Å². The van der Waals surface area contributed by atoms with E-state index in [0.717, 1.165) is 12.1 Å². The SMILES string of the molecule is COC(C)(C)CCOC(=O)c1cc(N)cc(F)c1. The Balaban J connectivity index is 2.56. The molecule has 0 bridgehead atoms. The monoisotopic (exact) mass is 255 g/mol. The molecule has 0 aromatic heterocycles. The first-order chi connectivity index (χ1) is 8.34. The number of carbonyl (C=O) groups excluding carboxylic acids is 1. The maximum Gasteiger partial charge on any atom is 0.338 e. The predicted octanol–water partition coefficient (Wildman–Crippen LogP) is 2.38. The number of halogens is 1. The van der Waals surface area contributed by atoms with Gasteiger partial charge in [-0.25, -0.2) is 9.18 Å². The Morgan fingerprint density at radius 3 is 2.61 bits per heavy atom. The van der Waals surface area contributed by atoms with Crippen molar-refractivity contribution in [3.05, 3.63) is 29.6 Å². The van der Waals surface area contributed by atoms with E-state index < -0.39 is 11.8 Å². The van der Waals surface area contributed by atoms with Crippen LogP contribution in [0.3, 0.4) is 0 Å². The molecule has 0 aliphatic rings. The molecule has 0 saturated heterocycles. The van der Waals surface area contributed by atoms with Crippen LogP contribution in [0.25, 0.3) is 0 Å². The van der Waals surface area contributed by atoms with Crippen molar-refractivity contribution >= 4 is 11.7 Å². The molecular formula is C13H18FNO3. The van der Waals surface area contributed by atoms with Crippen LogP contribution < -0.4 is 5.73 Å². The highest BCUT2D eigenvalue weighted by molar-refractivity contribution is 5.90. The zero-order valence-corrected chi connectivity index (χ0v) is 10.8. The molecule has 0 radical (unpaired) electrons. The van der Waals surface area contributed by atoms with Crippen molar-refractivity contribution in [1.82, 2.24) is 0 Å². The smallest absolute Gasteiger partial charge is 0.338 e. The van der Waals surface area contributed by atoms with Gasteiger partial charge in [0.15, 0.2) is 0 Å². The van der Waals surface area contributed by atoms with E-state index in [2.05, 4.69) is 0 Å². The second-order valence-corrected chi connectivity index (χ2v) is 4.62. The third kappa shape index (κ3) is 4.33. The molecule has 4 nitrogen and oxygen atoms in total. The molecule has 18 heavy (non-hydrogen) atoms. The van der Waals surface area contributed by atoms with Crippen molar-refractivity contribution in [1.29, 1.82) is 0 Å². The first-order valence-corrected chi connectivity index (χ1v) is 5.62. The van der Waals surface area contributed by atoms with Crippen LogP contribution in [-0.4, -0.2) is 25.3 Å². The van der Waals surface area contributed by atoms with Gasteiger partial charge in [0.2, 0.25) is 0 Å². The fourth-order valence-corrected chi connectivity index (χ4v) is 1.31. The Labute approximate surface area is 106 Å². The number of nitrogen functional groups attached to an aromatic ring is 1. The average Bonchev–Trinajstić information content (AvgIpc) is 2.27. The standard InChI is InChI=1S/C13H18FNO3/c1-13(2,17-3)4-5-18-12(16)9-6-10(14)8-11(15)7-9/h6-8H,4-5,15H2,1-3H3. The number of rotatable bonds is 5. The van der Waals surface area contributed by atoms with Crippen molar-refractivity contribution in [2.45, 2.75) is 25.9 Å². The molecule has 0 aliphatic heterocycles. The molecule has 5 heteroatoms. The molecule has 1 aromatic rings. The van der Waals surface area contributed by atoms with Gasteiger partial charge in [-0.05, 0) is 32.0 Å². The molecule has 0 fully saturated rings. The lowest BCUT2D eigenvalue weighted by atomic mass is 10.1. The van der Waals surface area contributed by atoms with Gasteiger partial charge in [0.25, 0.3) is 0 Å². The van der Waals surface area contributed by atoms with E-state index in [1.165, 1.54) is 6.07 Å². The fourth-order valence-electron chi connectivity index (χ4n) is 1.31. The zero-order valence-electron chi connectivity index (χ0n) is 10.8. The molecule has 0 saturated carbocycles. The number of methoxy groups -OCH3 is 1. The molecule has 1 rings (SSSR count). The molecule has 0 spiro atoms. The van der Waals surface area contributed by atoms with Gasteiger partial charge in [0.05, 0.1) is 17.8 Å². The Kier molecular flexibility index (Phi) is 4.67. The summed E-state index contributed by atoms with van der Waals surface area (Å²) in [6.45, 7) is 3.98. The minimum Gasteiger partial charge on any atom is -0.462 e. The first-order valence-electron chi connectivity index (χ1n) is 5.62. The molecule has 100 valence electrons. The summed E-state index contributed by atoms with van der Waals surface area (Å²) < 4.78 is 23.3. The number of carbonyl (C=O) groups is 1. The van der Waals surface area contributed by atoms with Crippen LogP contribution in [0.5, 0.6) is 0 Å². The Hall–Kier alpha value is -1.62. The van der Waals surface area contributed by atoms with Crippen molar-refractivity contribution in [3.8, 4) is 0 Å². The third-order valence-corrected chi connectivity index (χ3v) is 2.65. The van der Waals surface area contributed by atoms with Gasteiger partial charge in [0, 0.05) is 19.2 Å². The number of benzene rings is 1. The number of hydrogen-bond donors (Lipinski definition) is 1. The third-order valence-electron chi connectivity index (χ3n) is 2.65. The van der Waals surface area contributed by atoms with E-state index in [9.17, 15) is 9.18 Å². The van der Waals surface area contributed by atoms with E-state index in [-0.39, 0.29) is 23.5 Å². The van der Waals surface area contributed by atoms with Crippen molar-refractivity contribution < 1.29 is 18.7 Å². The van der Waals surface area contributed by atoms with Crippen molar-refractivity contribution in [2.75, 3.05) is 19.5 Å². The van der Waals surface area contributed by atoms with E-state index >= 15 is 0 Å². The minimum atomic E-state index is -0.590. The summed E-state index contributed by atoms with van der Waals surface area (Å²) in [5.41, 5.74) is 5.40. The normalized spacial score (nSPS) is 11.3. The quantitative estimate of drug-likeness (QED) is 0.648. The molecule has 0 heterocycles. The van der Waals surface area contributed by atoms with E-state index in [0.29, 0.717) is 6.42 Å². The largest absolute Gasteiger partial charge is 0.462 e. The van der Waals surface area contributed by atoms with Gasteiger partial charge in [-0.2, -0.15) is 0 Å². The second-order valence-electron chi connectivity index (χ2n) is 4.62. The second kappa shape index (κ2) is 5.82. The summed E-state index contributed by atoms with van der Waals surface area (Å²) in [4.78, 5) is 11.6. The van der Waals surface area contributed by atoms with Gasteiger partial charge in [-0.3, -0.25) is 0 Å². The Morgan fingerprint density at radius 1 is 1.39 bits per heavy atom. The highest BCUT2D eigenvalue weighted by atomic mass is 19.1. The summed E-state index contributed by atoms with van der Waals surface area (Å²) in [6, 6.07) is 3.62. The molecule has 0 atom stereocenters. The van der Waals surface area contributed by atoms with Crippen LogP contribution in [0.2, 0.25) is 0 Å². The molecule has 0 amide bonds. The predicted molar refractivity (Wildman–Crippen MR) is 66.8 cm³/mol. The average molecular weight is 255 g/mol. The van der Waals surface area contributed by atoms with Crippen LogP contribution in [0.4, 0.5) is 10.1 Å². The topological polar surface area (TPSA) is 61.5 Å². The van der Waals surface area contributed by atoms with Gasteiger partial charge in [-0.1, -0.05) is 0 Å². The van der Waals surface area contributed by atoms with Crippen molar-refractivity contribution in [3.63, 3.8) is 0 Å². The van der Waals surface area contributed by atoms with E-state index in [1.807, 2.05) is 13.8 Å². The number of anilines is 1. The first kappa shape index (κ1) is 14.4. The van der Waals surface area contributed by atoms with Gasteiger partial charge >= 0.3 is 5.97 Å². The number of esters is 1. The van der Waals surface area contributed by atoms with Crippen LogP contribution in [-0.2, 0) is 9.47 Å². The molecule has 1 aromatic carbocycles. The molecule has 0 unspecified atom stereocenters.